The molecule has 0 unspecified atom stereocenters. The quantitative estimate of drug-likeness (QED) is 0.520. The van der Waals surface area contributed by atoms with Crippen LogP contribution in [-0.2, 0) is 17.8 Å². The highest BCUT2D eigenvalue weighted by atomic mass is 19.1. The molecule has 0 fully saturated rings. The number of amides is 1. The molecule has 0 atom stereocenters. The number of carbonyl (C=O) groups excluding carboxylic acids is 1. The first-order valence-electron chi connectivity index (χ1n) is 10.9. The van der Waals surface area contributed by atoms with Crippen LogP contribution in [0.3, 0.4) is 0 Å². The molecular weight excluding hydrogens is 411 g/mol. The second kappa shape index (κ2) is 10.3. The topological polar surface area (TPSA) is 78.3 Å². The first-order valence-corrected chi connectivity index (χ1v) is 10.9. The van der Waals surface area contributed by atoms with E-state index in [2.05, 4.69) is 15.5 Å². The average molecular weight is 439 g/mol. The summed E-state index contributed by atoms with van der Waals surface area (Å²) in [6.07, 6.45) is 4.92. The lowest BCUT2D eigenvalue weighted by molar-refractivity contribution is -0.116. The number of hydrogen-bond acceptors (Lipinski definition) is 5. The zero-order valence-electron chi connectivity index (χ0n) is 18.1. The van der Waals surface area contributed by atoms with Crippen molar-refractivity contribution in [3.63, 3.8) is 0 Å². The van der Waals surface area contributed by atoms with Crippen LogP contribution in [0, 0.1) is 5.82 Å². The second-order valence-corrected chi connectivity index (χ2v) is 7.77. The first-order chi connectivity index (χ1) is 15.6. The molecule has 1 N–H and O–H groups in total. The van der Waals surface area contributed by atoms with E-state index < -0.39 is 0 Å². The maximum absolute atomic E-state index is 14.6. The molecule has 0 aliphatic carbocycles. The summed E-state index contributed by atoms with van der Waals surface area (Å²) < 4.78 is 27.3. The molecule has 0 spiro atoms. The monoisotopic (exact) mass is 438 g/mol. The summed E-state index contributed by atoms with van der Waals surface area (Å²) in [6.45, 7) is 1.20. The number of ether oxygens (including phenoxy) is 2. The number of benzene rings is 2. The zero-order valence-corrected chi connectivity index (χ0v) is 18.1. The summed E-state index contributed by atoms with van der Waals surface area (Å²) in [5.74, 6) is 2.36. The van der Waals surface area contributed by atoms with Crippen molar-refractivity contribution in [1.82, 2.24) is 14.8 Å². The van der Waals surface area contributed by atoms with Crippen molar-refractivity contribution in [3.8, 4) is 22.9 Å². The highest BCUT2D eigenvalue weighted by Crippen LogP contribution is 2.27. The van der Waals surface area contributed by atoms with E-state index in [-0.39, 0.29) is 11.7 Å². The van der Waals surface area contributed by atoms with Crippen LogP contribution in [0.1, 0.15) is 37.9 Å². The van der Waals surface area contributed by atoms with E-state index in [0.717, 1.165) is 49.6 Å². The molecule has 4 rings (SSSR count). The molecule has 0 bridgehead atoms. The van der Waals surface area contributed by atoms with Gasteiger partial charge in [0.25, 0.3) is 0 Å². The van der Waals surface area contributed by atoms with Crippen LogP contribution in [0.2, 0.25) is 0 Å². The van der Waals surface area contributed by atoms with Crippen molar-refractivity contribution in [1.29, 1.82) is 0 Å². The van der Waals surface area contributed by atoms with E-state index in [1.165, 1.54) is 6.07 Å². The van der Waals surface area contributed by atoms with Gasteiger partial charge in [-0.05, 0) is 61.7 Å². The Hall–Kier alpha value is -3.42. The first kappa shape index (κ1) is 21.8. The predicted molar refractivity (Wildman–Crippen MR) is 119 cm³/mol. The lowest BCUT2D eigenvalue weighted by Gasteiger charge is -2.11. The molecule has 1 aromatic heterocycles. The molecular formula is C24H27FN4O3. The van der Waals surface area contributed by atoms with E-state index in [1.807, 2.05) is 28.8 Å². The fraction of sp³-hybridized carbons (Fsp3) is 0.375. The number of aryl methyl sites for hydroxylation is 1. The van der Waals surface area contributed by atoms with Gasteiger partial charge in [0.2, 0.25) is 5.91 Å². The Bertz CT molecular complexity index is 1070. The van der Waals surface area contributed by atoms with Crippen molar-refractivity contribution in [2.24, 2.45) is 0 Å². The van der Waals surface area contributed by atoms with Gasteiger partial charge in [0.05, 0.1) is 19.3 Å². The molecule has 7 nitrogen and oxygen atoms in total. The Morgan fingerprint density at radius 2 is 1.91 bits per heavy atom. The molecule has 3 aromatic rings. The van der Waals surface area contributed by atoms with E-state index in [4.69, 9.17) is 9.47 Å². The molecule has 0 radical (unpaired) electrons. The number of nitrogens with zero attached hydrogens (tertiary/aromatic N) is 3. The number of methoxy groups -OCH3 is 1. The maximum Gasteiger partial charge on any atom is 0.224 e. The lowest BCUT2D eigenvalue weighted by Crippen LogP contribution is -2.13. The predicted octanol–water partition coefficient (Wildman–Crippen LogP) is 4.62. The fourth-order valence-electron chi connectivity index (χ4n) is 3.78. The normalized spacial score (nSPS) is 13.2. The molecule has 1 aliphatic rings. The van der Waals surface area contributed by atoms with E-state index in [9.17, 15) is 9.18 Å². The van der Waals surface area contributed by atoms with Gasteiger partial charge >= 0.3 is 0 Å². The minimum absolute atomic E-state index is 0.152. The summed E-state index contributed by atoms with van der Waals surface area (Å²) in [5.41, 5.74) is 0.889. The van der Waals surface area contributed by atoms with E-state index in [1.54, 1.807) is 19.2 Å². The summed E-state index contributed by atoms with van der Waals surface area (Å²) in [5, 5.41) is 11.3. The van der Waals surface area contributed by atoms with Gasteiger partial charge in [-0.1, -0.05) is 6.42 Å². The Morgan fingerprint density at radius 1 is 1.09 bits per heavy atom. The van der Waals surface area contributed by atoms with Crippen LogP contribution in [0.4, 0.5) is 10.1 Å². The summed E-state index contributed by atoms with van der Waals surface area (Å²) >= 11 is 0. The second-order valence-electron chi connectivity index (χ2n) is 7.77. The molecule has 1 amide bonds. The van der Waals surface area contributed by atoms with Crippen molar-refractivity contribution in [3.05, 3.63) is 54.1 Å². The highest BCUT2D eigenvalue weighted by Gasteiger charge is 2.19. The summed E-state index contributed by atoms with van der Waals surface area (Å²) in [6, 6.07) is 11.8. The van der Waals surface area contributed by atoms with Crippen LogP contribution in [0.5, 0.6) is 11.5 Å². The molecule has 2 heterocycles. The largest absolute Gasteiger partial charge is 0.497 e. The number of hydrogen-bond donors (Lipinski definition) is 1. The Kier molecular flexibility index (Phi) is 6.99. The van der Waals surface area contributed by atoms with Gasteiger partial charge in [0.15, 0.2) is 5.82 Å². The van der Waals surface area contributed by atoms with E-state index >= 15 is 0 Å². The van der Waals surface area contributed by atoms with Gasteiger partial charge < -0.3 is 19.4 Å². The highest BCUT2D eigenvalue weighted by molar-refractivity contribution is 5.91. The maximum atomic E-state index is 14.6. The van der Waals surface area contributed by atoms with Gasteiger partial charge in [-0.15, -0.1) is 10.2 Å². The molecule has 168 valence electrons. The SMILES string of the molecule is COc1ccc(OCCCC(=O)Nc2ccc(F)c(-c3nnc4n3CCCCC4)c2)cc1. The van der Waals surface area contributed by atoms with Crippen LogP contribution in [-0.4, -0.2) is 34.4 Å². The van der Waals surface area contributed by atoms with Crippen molar-refractivity contribution < 1.29 is 18.7 Å². The Morgan fingerprint density at radius 3 is 2.72 bits per heavy atom. The number of carbonyl (C=O) groups is 1. The van der Waals surface area contributed by atoms with Gasteiger partial charge in [0, 0.05) is 25.1 Å². The molecule has 0 saturated carbocycles. The van der Waals surface area contributed by atoms with Gasteiger partial charge in [-0.2, -0.15) is 0 Å². The van der Waals surface area contributed by atoms with Gasteiger partial charge in [0.1, 0.15) is 23.1 Å². The molecule has 32 heavy (non-hydrogen) atoms. The Balaban J connectivity index is 1.33. The average Bonchev–Trinajstić information content (AvgIpc) is 3.06. The third kappa shape index (κ3) is 5.25. The summed E-state index contributed by atoms with van der Waals surface area (Å²) in [7, 11) is 1.61. The van der Waals surface area contributed by atoms with Crippen molar-refractivity contribution in [2.45, 2.75) is 45.1 Å². The molecule has 1 aliphatic heterocycles. The molecule has 0 saturated heterocycles. The van der Waals surface area contributed by atoms with E-state index in [0.29, 0.717) is 36.5 Å². The number of halogens is 1. The van der Waals surface area contributed by atoms with Gasteiger partial charge in [-0.25, -0.2) is 4.39 Å². The van der Waals surface area contributed by atoms with Crippen molar-refractivity contribution in [2.75, 3.05) is 19.0 Å². The fourth-order valence-corrected chi connectivity index (χ4v) is 3.78. The van der Waals surface area contributed by atoms with Gasteiger partial charge in [-0.3, -0.25) is 4.79 Å². The third-order valence-corrected chi connectivity index (χ3v) is 5.48. The Labute approximate surface area is 186 Å². The summed E-state index contributed by atoms with van der Waals surface area (Å²) in [4.78, 5) is 12.4. The number of anilines is 1. The standard InChI is InChI=1S/C24H27FN4O3/c1-31-18-9-11-19(12-10-18)32-15-5-7-23(30)26-17-8-13-21(25)20(16-17)24-28-27-22-6-3-2-4-14-29(22)24/h8-13,16H,2-7,14-15H2,1H3,(H,26,30). The van der Waals surface area contributed by atoms with Crippen molar-refractivity contribution >= 4 is 11.6 Å². The molecule has 2 aromatic carbocycles. The van der Waals surface area contributed by atoms with Crippen LogP contribution < -0.4 is 14.8 Å². The third-order valence-electron chi connectivity index (χ3n) is 5.48. The smallest absolute Gasteiger partial charge is 0.224 e. The minimum Gasteiger partial charge on any atom is -0.497 e. The van der Waals surface area contributed by atoms with Crippen LogP contribution >= 0.6 is 0 Å². The molecule has 8 heteroatoms. The van der Waals surface area contributed by atoms with Crippen LogP contribution in [0.25, 0.3) is 11.4 Å². The number of fused-ring (bicyclic) bond motifs is 1. The minimum atomic E-state index is -0.379. The lowest BCUT2D eigenvalue weighted by atomic mass is 10.1. The zero-order chi connectivity index (χ0) is 22.3. The number of rotatable bonds is 8. The van der Waals surface area contributed by atoms with Crippen LogP contribution in [0.15, 0.2) is 42.5 Å². The number of aromatic nitrogens is 3. The number of nitrogens with one attached hydrogen (secondary N) is 1.